The number of methoxy groups -OCH3 is 1. The topological polar surface area (TPSA) is 38.3 Å². The van der Waals surface area contributed by atoms with Crippen molar-refractivity contribution in [1.82, 2.24) is 0 Å². The van der Waals surface area contributed by atoms with E-state index in [2.05, 4.69) is 10.1 Å². The number of esters is 1. The molecule has 0 saturated carbocycles. The summed E-state index contributed by atoms with van der Waals surface area (Å²) in [6.45, 7) is -0.321. The Hall–Kier alpha value is -1.79. The first kappa shape index (κ1) is 13.3. The van der Waals surface area contributed by atoms with Crippen LogP contribution in [0.2, 0.25) is 0 Å². The van der Waals surface area contributed by atoms with Crippen LogP contribution in [0.1, 0.15) is 5.56 Å². The number of carbonyl (C=O) groups is 1. The Morgan fingerprint density at radius 1 is 1.41 bits per heavy atom. The Morgan fingerprint density at radius 2 is 2.06 bits per heavy atom. The number of rotatable bonds is 3. The van der Waals surface area contributed by atoms with E-state index in [0.29, 0.717) is 6.07 Å². The largest absolute Gasteiger partial charge is 0.468 e. The maximum atomic E-state index is 13.2. The van der Waals surface area contributed by atoms with Crippen molar-refractivity contribution < 1.29 is 27.1 Å². The molecule has 1 rings (SSSR count). The van der Waals surface area contributed by atoms with E-state index in [0.717, 1.165) is 19.2 Å². The molecule has 0 radical (unpaired) electrons. The second-order valence-electron chi connectivity index (χ2n) is 3.12. The van der Waals surface area contributed by atoms with Gasteiger partial charge < -0.3 is 10.1 Å². The zero-order chi connectivity index (χ0) is 13.1. The van der Waals surface area contributed by atoms with Crippen molar-refractivity contribution in [2.24, 2.45) is 0 Å². The van der Waals surface area contributed by atoms with Crippen LogP contribution < -0.4 is 5.32 Å². The summed E-state index contributed by atoms with van der Waals surface area (Å²) in [7, 11) is 1.15. The third-order valence-corrected chi connectivity index (χ3v) is 1.95. The van der Waals surface area contributed by atoms with E-state index in [1.54, 1.807) is 0 Å². The Balaban J connectivity index is 2.80. The van der Waals surface area contributed by atoms with E-state index in [-0.39, 0.29) is 12.2 Å². The molecule has 0 atom stereocenters. The van der Waals surface area contributed by atoms with Crippen molar-refractivity contribution in [2.45, 2.75) is 6.18 Å². The summed E-state index contributed by atoms with van der Waals surface area (Å²) in [5, 5.41) is 2.33. The highest BCUT2D eigenvalue weighted by Gasteiger charge is 2.31. The first-order valence-corrected chi connectivity index (χ1v) is 4.52. The van der Waals surface area contributed by atoms with Crippen LogP contribution in [0.25, 0.3) is 0 Å². The van der Waals surface area contributed by atoms with Crippen molar-refractivity contribution in [3.05, 3.63) is 29.6 Å². The quantitative estimate of drug-likeness (QED) is 0.662. The Labute approximate surface area is 94.4 Å². The molecule has 94 valence electrons. The SMILES string of the molecule is COC(=O)CNc1ccc(C(F)(F)F)cc1F. The molecule has 3 nitrogen and oxygen atoms in total. The van der Waals surface area contributed by atoms with E-state index in [4.69, 9.17) is 0 Å². The van der Waals surface area contributed by atoms with E-state index >= 15 is 0 Å². The Kier molecular flexibility index (Phi) is 3.93. The van der Waals surface area contributed by atoms with Gasteiger partial charge in [0.1, 0.15) is 12.4 Å². The monoisotopic (exact) mass is 251 g/mol. The number of nitrogens with one attached hydrogen (secondary N) is 1. The second-order valence-corrected chi connectivity index (χ2v) is 3.12. The first-order chi connectivity index (χ1) is 7.84. The van der Waals surface area contributed by atoms with Crippen LogP contribution in [0.4, 0.5) is 23.2 Å². The molecule has 0 amide bonds. The molecule has 0 spiro atoms. The maximum Gasteiger partial charge on any atom is 0.416 e. The molecule has 0 aromatic heterocycles. The number of benzene rings is 1. The summed E-state index contributed by atoms with van der Waals surface area (Å²) in [6, 6.07) is 2.00. The fraction of sp³-hybridized carbons (Fsp3) is 0.300. The number of hydrogen-bond acceptors (Lipinski definition) is 3. The van der Waals surface area contributed by atoms with Gasteiger partial charge in [-0.2, -0.15) is 13.2 Å². The molecule has 1 N–H and O–H groups in total. The number of ether oxygens (including phenoxy) is 1. The summed E-state index contributed by atoms with van der Waals surface area (Å²) < 4.78 is 54.1. The number of halogens is 4. The average Bonchev–Trinajstić information content (AvgIpc) is 2.25. The van der Waals surface area contributed by atoms with Gasteiger partial charge in [0.05, 0.1) is 18.4 Å². The van der Waals surface area contributed by atoms with Crippen LogP contribution in [-0.2, 0) is 15.7 Å². The maximum absolute atomic E-state index is 13.2. The van der Waals surface area contributed by atoms with Crippen LogP contribution >= 0.6 is 0 Å². The lowest BCUT2D eigenvalue weighted by molar-refractivity contribution is -0.139. The van der Waals surface area contributed by atoms with Gasteiger partial charge in [-0.1, -0.05) is 0 Å². The lowest BCUT2D eigenvalue weighted by Crippen LogP contribution is -2.16. The van der Waals surface area contributed by atoms with E-state index in [1.807, 2.05) is 0 Å². The summed E-state index contributed by atoms with van der Waals surface area (Å²) in [5.41, 5.74) is -1.28. The van der Waals surface area contributed by atoms with Gasteiger partial charge in [-0.3, -0.25) is 4.79 Å². The van der Waals surface area contributed by atoms with Crippen LogP contribution in [0.3, 0.4) is 0 Å². The summed E-state index contributed by atoms with van der Waals surface area (Å²) >= 11 is 0. The molecule has 1 aromatic rings. The minimum Gasteiger partial charge on any atom is -0.468 e. The molecule has 7 heteroatoms. The fourth-order valence-corrected chi connectivity index (χ4v) is 1.07. The normalized spacial score (nSPS) is 11.1. The zero-order valence-electron chi connectivity index (χ0n) is 8.77. The molecule has 1 aromatic carbocycles. The van der Waals surface area contributed by atoms with Crippen molar-refractivity contribution >= 4 is 11.7 Å². The summed E-state index contributed by atoms with van der Waals surface area (Å²) in [5.74, 6) is -1.73. The molecule has 0 aliphatic heterocycles. The number of anilines is 1. The Morgan fingerprint density at radius 3 is 2.53 bits per heavy atom. The van der Waals surface area contributed by atoms with Crippen LogP contribution in [-0.4, -0.2) is 19.6 Å². The van der Waals surface area contributed by atoms with Gasteiger partial charge in [-0.25, -0.2) is 4.39 Å². The molecule has 0 aliphatic carbocycles. The highest BCUT2D eigenvalue weighted by Crippen LogP contribution is 2.31. The van der Waals surface area contributed by atoms with Crippen molar-refractivity contribution in [1.29, 1.82) is 0 Å². The lowest BCUT2D eigenvalue weighted by atomic mass is 10.2. The summed E-state index contributed by atoms with van der Waals surface area (Å²) in [4.78, 5) is 10.7. The molecule has 0 aliphatic rings. The Bertz CT molecular complexity index is 417. The van der Waals surface area contributed by atoms with Gasteiger partial charge in [-0.15, -0.1) is 0 Å². The van der Waals surface area contributed by atoms with Gasteiger partial charge in [0.15, 0.2) is 0 Å². The number of hydrogen-bond donors (Lipinski definition) is 1. The molecule has 0 heterocycles. The van der Waals surface area contributed by atoms with Gasteiger partial charge in [0.2, 0.25) is 0 Å². The molecular weight excluding hydrogens is 242 g/mol. The van der Waals surface area contributed by atoms with Crippen LogP contribution in [0.15, 0.2) is 18.2 Å². The third kappa shape index (κ3) is 3.61. The minimum absolute atomic E-state index is 0.191. The molecule has 17 heavy (non-hydrogen) atoms. The first-order valence-electron chi connectivity index (χ1n) is 4.52. The second kappa shape index (κ2) is 5.03. The number of alkyl halides is 3. The van der Waals surface area contributed by atoms with Gasteiger partial charge in [0.25, 0.3) is 0 Å². The molecular formula is C10H9F4NO2. The van der Waals surface area contributed by atoms with E-state index in [9.17, 15) is 22.4 Å². The van der Waals surface area contributed by atoms with Crippen LogP contribution in [0.5, 0.6) is 0 Å². The predicted molar refractivity (Wildman–Crippen MR) is 51.9 cm³/mol. The van der Waals surface area contributed by atoms with Gasteiger partial charge in [0, 0.05) is 0 Å². The van der Waals surface area contributed by atoms with Crippen molar-refractivity contribution in [3.8, 4) is 0 Å². The van der Waals surface area contributed by atoms with Gasteiger partial charge in [-0.05, 0) is 18.2 Å². The highest BCUT2D eigenvalue weighted by molar-refractivity contribution is 5.74. The molecule has 0 saturated heterocycles. The molecule has 0 fully saturated rings. The minimum atomic E-state index is -4.60. The molecule has 0 bridgehead atoms. The third-order valence-electron chi connectivity index (χ3n) is 1.95. The number of carbonyl (C=O) groups excluding carboxylic acids is 1. The van der Waals surface area contributed by atoms with Crippen LogP contribution in [0, 0.1) is 5.82 Å². The standard InChI is InChI=1S/C10H9F4NO2/c1-17-9(16)5-15-8-3-2-6(4-7(8)11)10(12,13)14/h2-4,15H,5H2,1H3. The van der Waals surface area contributed by atoms with Gasteiger partial charge >= 0.3 is 12.1 Å². The van der Waals surface area contributed by atoms with E-state index < -0.39 is 23.5 Å². The van der Waals surface area contributed by atoms with Crippen molar-refractivity contribution in [3.63, 3.8) is 0 Å². The van der Waals surface area contributed by atoms with Crippen molar-refractivity contribution in [2.75, 3.05) is 19.0 Å². The lowest BCUT2D eigenvalue weighted by Gasteiger charge is -2.10. The highest BCUT2D eigenvalue weighted by atomic mass is 19.4. The summed E-state index contributed by atoms with van der Waals surface area (Å²) in [6.07, 6.45) is -4.60. The zero-order valence-corrected chi connectivity index (χ0v) is 8.77. The smallest absolute Gasteiger partial charge is 0.416 e. The fourth-order valence-electron chi connectivity index (χ4n) is 1.07. The predicted octanol–water partition coefficient (Wildman–Crippen LogP) is 2.43. The molecule has 0 unspecified atom stereocenters. The average molecular weight is 251 g/mol. The van der Waals surface area contributed by atoms with E-state index in [1.165, 1.54) is 0 Å².